The van der Waals surface area contributed by atoms with E-state index in [9.17, 15) is 9.59 Å². The summed E-state index contributed by atoms with van der Waals surface area (Å²) in [6.45, 7) is 4.65. The fourth-order valence-corrected chi connectivity index (χ4v) is 2.82. The molecule has 1 fully saturated rings. The number of H-pyrrole nitrogens is 2. The predicted octanol–water partition coefficient (Wildman–Crippen LogP) is 1.68. The van der Waals surface area contributed by atoms with Crippen molar-refractivity contribution < 1.29 is 0 Å². The van der Waals surface area contributed by atoms with Crippen LogP contribution < -0.4 is 11.2 Å². The van der Waals surface area contributed by atoms with Crippen molar-refractivity contribution in [3.63, 3.8) is 0 Å². The third-order valence-corrected chi connectivity index (χ3v) is 4.09. The van der Waals surface area contributed by atoms with E-state index in [1.165, 1.54) is 4.57 Å². The minimum Gasteiger partial charge on any atom is -0.329 e. The first-order valence-electron chi connectivity index (χ1n) is 6.80. The highest BCUT2D eigenvalue weighted by Gasteiger charge is 2.36. The summed E-state index contributed by atoms with van der Waals surface area (Å²) in [6.07, 6.45) is 1.85. The molecule has 106 valence electrons. The van der Waals surface area contributed by atoms with E-state index in [2.05, 4.69) is 21.9 Å². The molecule has 1 aliphatic carbocycles. The van der Waals surface area contributed by atoms with Crippen LogP contribution in [0.5, 0.6) is 0 Å². The zero-order valence-electron chi connectivity index (χ0n) is 11.4. The molecular weight excluding hydrogens is 276 g/mol. The zero-order chi connectivity index (χ0) is 14.4. The molecular formula is C13H16N4O2S. The van der Waals surface area contributed by atoms with E-state index in [0.29, 0.717) is 29.4 Å². The van der Waals surface area contributed by atoms with Gasteiger partial charge in [0.25, 0.3) is 5.56 Å². The second kappa shape index (κ2) is 4.66. The topological polar surface area (TPSA) is 83.5 Å². The second-order valence-corrected chi connectivity index (χ2v) is 5.77. The highest BCUT2D eigenvalue weighted by Crippen LogP contribution is 2.45. The van der Waals surface area contributed by atoms with E-state index in [1.54, 1.807) is 0 Å². The Bertz CT molecular complexity index is 848. The lowest BCUT2D eigenvalue weighted by atomic mass is 10.3. The molecule has 1 aliphatic rings. The maximum Gasteiger partial charge on any atom is 0.329 e. The normalized spacial score (nSPS) is 21.3. The Morgan fingerprint density at radius 3 is 2.70 bits per heavy atom. The predicted molar refractivity (Wildman–Crippen MR) is 78.6 cm³/mol. The Morgan fingerprint density at radius 1 is 1.40 bits per heavy atom. The average Bonchev–Trinajstić information content (AvgIpc) is 3.10. The highest BCUT2D eigenvalue weighted by atomic mass is 32.1. The molecule has 7 heteroatoms. The molecule has 0 radical (unpaired) electrons. The lowest BCUT2D eigenvalue weighted by molar-refractivity contribution is 0.647. The average molecular weight is 292 g/mol. The molecule has 20 heavy (non-hydrogen) atoms. The number of nitrogens with one attached hydrogen (secondary N) is 2. The van der Waals surface area contributed by atoms with Crippen molar-refractivity contribution in [2.75, 3.05) is 0 Å². The van der Waals surface area contributed by atoms with E-state index in [1.807, 2.05) is 6.92 Å². The summed E-state index contributed by atoms with van der Waals surface area (Å²) in [6, 6.07) is 0. The van der Waals surface area contributed by atoms with Gasteiger partial charge in [-0.2, -0.15) is 0 Å². The van der Waals surface area contributed by atoms with E-state index < -0.39 is 11.2 Å². The first-order chi connectivity index (χ1) is 9.52. The zero-order valence-corrected chi connectivity index (χ0v) is 12.2. The van der Waals surface area contributed by atoms with Gasteiger partial charge in [0.2, 0.25) is 0 Å². The molecule has 2 aromatic rings. The van der Waals surface area contributed by atoms with Gasteiger partial charge in [0.15, 0.2) is 0 Å². The third-order valence-electron chi connectivity index (χ3n) is 3.79. The number of aromatic nitrogens is 4. The van der Waals surface area contributed by atoms with Gasteiger partial charge in [0, 0.05) is 12.5 Å². The Balaban J connectivity index is 2.37. The Morgan fingerprint density at radius 2 is 2.10 bits per heavy atom. The van der Waals surface area contributed by atoms with Crippen LogP contribution in [0.4, 0.5) is 0 Å². The smallest absolute Gasteiger partial charge is 0.329 e. The van der Waals surface area contributed by atoms with Crippen molar-refractivity contribution in [1.82, 2.24) is 19.5 Å². The molecule has 0 spiro atoms. The lowest BCUT2D eigenvalue weighted by Gasteiger charge is -2.09. The summed E-state index contributed by atoms with van der Waals surface area (Å²) in [7, 11) is 0. The van der Waals surface area contributed by atoms with Crippen LogP contribution in [0.1, 0.15) is 38.4 Å². The Hall–Kier alpha value is -1.76. The minimum absolute atomic E-state index is 0.263. The van der Waals surface area contributed by atoms with Crippen molar-refractivity contribution >= 4 is 23.3 Å². The van der Waals surface area contributed by atoms with Gasteiger partial charge in [-0.15, -0.1) is 0 Å². The summed E-state index contributed by atoms with van der Waals surface area (Å²) in [5.41, 5.74) is -0.382. The van der Waals surface area contributed by atoms with Gasteiger partial charge in [-0.05, 0) is 18.8 Å². The van der Waals surface area contributed by atoms with Crippen LogP contribution in [0.15, 0.2) is 9.59 Å². The number of rotatable bonds is 3. The second-order valence-electron chi connectivity index (χ2n) is 5.38. The molecule has 2 unspecified atom stereocenters. The summed E-state index contributed by atoms with van der Waals surface area (Å²) in [5.74, 6) is 1.70. The molecule has 3 rings (SSSR count). The van der Waals surface area contributed by atoms with Crippen LogP contribution in [0.3, 0.4) is 0 Å². The van der Waals surface area contributed by atoms with E-state index in [0.717, 1.165) is 18.7 Å². The number of aromatic amines is 2. The molecule has 0 bridgehead atoms. The largest absolute Gasteiger partial charge is 0.329 e. The third kappa shape index (κ3) is 2.02. The van der Waals surface area contributed by atoms with Crippen LogP contribution in [0.25, 0.3) is 11.0 Å². The van der Waals surface area contributed by atoms with Gasteiger partial charge in [-0.3, -0.25) is 14.3 Å². The molecule has 1 saturated carbocycles. The van der Waals surface area contributed by atoms with Gasteiger partial charge in [-0.1, -0.05) is 26.1 Å². The summed E-state index contributed by atoms with van der Waals surface area (Å²) in [5, 5.41) is 0.296. The molecule has 0 saturated heterocycles. The molecule has 2 atom stereocenters. The summed E-state index contributed by atoms with van der Waals surface area (Å²) in [4.78, 5) is 33.7. The van der Waals surface area contributed by atoms with Gasteiger partial charge in [-0.25, -0.2) is 9.78 Å². The maximum absolute atomic E-state index is 11.9. The maximum atomic E-state index is 11.9. The SMILES string of the molecule is CCCn1c(=O)[nH]c(=O)c2c(=S)nc(C3CC3C)[nH]c21. The van der Waals surface area contributed by atoms with Crippen molar-refractivity contribution in [2.45, 2.75) is 39.2 Å². The van der Waals surface area contributed by atoms with Crippen molar-refractivity contribution in [3.05, 3.63) is 31.3 Å². The molecule has 0 amide bonds. The van der Waals surface area contributed by atoms with Crippen LogP contribution in [-0.2, 0) is 6.54 Å². The summed E-state index contributed by atoms with van der Waals surface area (Å²) < 4.78 is 1.80. The molecule has 0 aromatic carbocycles. The molecule has 2 heterocycles. The van der Waals surface area contributed by atoms with E-state index in [-0.39, 0.29) is 4.64 Å². The van der Waals surface area contributed by atoms with Crippen LogP contribution >= 0.6 is 12.2 Å². The first-order valence-corrected chi connectivity index (χ1v) is 7.20. The fourth-order valence-electron chi connectivity index (χ4n) is 2.53. The molecule has 2 N–H and O–H groups in total. The molecule has 0 aliphatic heterocycles. The number of hydrogen-bond donors (Lipinski definition) is 2. The molecule has 2 aromatic heterocycles. The lowest BCUT2D eigenvalue weighted by Crippen LogP contribution is -2.31. The van der Waals surface area contributed by atoms with Gasteiger partial charge in [0.1, 0.15) is 21.5 Å². The van der Waals surface area contributed by atoms with Crippen molar-refractivity contribution in [1.29, 1.82) is 0 Å². The quantitative estimate of drug-likeness (QED) is 0.843. The van der Waals surface area contributed by atoms with Gasteiger partial charge in [0.05, 0.1) is 0 Å². The fraction of sp³-hybridized carbons (Fsp3) is 0.538. The van der Waals surface area contributed by atoms with Crippen LogP contribution in [0, 0.1) is 10.6 Å². The minimum atomic E-state index is -0.471. The first kappa shape index (κ1) is 13.2. The van der Waals surface area contributed by atoms with Crippen molar-refractivity contribution in [2.24, 2.45) is 5.92 Å². The van der Waals surface area contributed by atoms with E-state index in [4.69, 9.17) is 12.2 Å². The molecule has 6 nitrogen and oxygen atoms in total. The van der Waals surface area contributed by atoms with Crippen molar-refractivity contribution in [3.8, 4) is 0 Å². The van der Waals surface area contributed by atoms with Crippen LogP contribution in [-0.4, -0.2) is 19.5 Å². The van der Waals surface area contributed by atoms with Crippen LogP contribution in [0.2, 0.25) is 0 Å². The monoisotopic (exact) mass is 292 g/mol. The summed E-state index contributed by atoms with van der Waals surface area (Å²) >= 11 is 5.23. The standard InChI is InChI=1S/C13H16N4O2S/c1-3-4-17-10-8(11(18)16-13(17)19)12(20)15-9(14-10)7-5-6(7)2/h6-7H,3-5H2,1-2H3,(H,14,15,20)(H,16,18,19). The van der Waals surface area contributed by atoms with E-state index >= 15 is 0 Å². The number of fused-ring (bicyclic) bond motifs is 1. The number of hydrogen-bond acceptors (Lipinski definition) is 4. The Labute approximate surface area is 119 Å². The number of aryl methyl sites for hydroxylation is 1. The Kier molecular flexibility index (Phi) is 3.08. The van der Waals surface area contributed by atoms with Gasteiger partial charge >= 0.3 is 5.69 Å². The van der Waals surface area contributed by atoms with Gasteiger partial charge < -0.3 is 4.98 Å². The highest BCUT2D eigenvalue weighted by molar-refractivity contribution is 7.71. The number of nitrogens with zero attached hydrogens (tertiary/aromatic N) is 2.